The smallest absolute Gasteiger partial charge is 0.234 e. The van der Waals surface area contributed by atoms with Crippen molar-refractivity contribution in [1.29, 1.82) is 0 Å². The SMILES string of the molecule is Cc1ccc(SCC(=O)Nc2ccccc2Br)c(C)c1. The number of hydrogen-bond acceptors (Lipinski definition) is 2. The third-order valence-corrected chi connectivity index (χ3v) is 4.70. The second kappa shape index (κ2) is 6.95. The molecule has 2 aromatic carbocycles. The molecule has 0 spiro atoms. The number of nitrogens with one attached hydrogen (secondary N) is 1. The molecule has 0 aliphatic carbocycles. The van der Waals surface area contributed by atoms with Crippen LogP contribution in [0.3, 0.4) is 0 Å². The minimum atomic E-state index is 0.00174. The van der Waals surface area contributed by atoms with Gasteiger partial charge in [-0.2, -0.15) is 0 Å². The Morgan fingerprint density at radius 1 is 1.20 bits per heavy atom. The largest absolute Gasteiger partial charge is 0.324 e. The van der Waals surface area contributed by atoms with Gasteiger partial charge in [0.1, 0.15) is 0 Å². The Morgan fingerprint density at radius 3 is 2.65 bits per heavy atom. The molecule has 0 saturated carbocycles. The van der Waals surface area contributed by atoms with Crippen LogP contribution in [0, 0.1) is 13.8 Å². The van der Waals surface area contributed by atoms with Gasteiger partial charge in [-0.3, -0.25) is 4.79 Å². The summed E-state index contributed by atoms with van der Waals surface area (Å²) in [6.45, 7) is 4.14. The minimum Gasteiger partial charge on any atom is -0.324 e. The van der Waals surface area contributed by atoms with Gasteiger partial charge < -0.3 is 5.32 Å². The van der Waals surface area contributed by atoms with Crippen LogP contribution in [0.15, 0.2) is 51.8 Å². The molecule has 0 aliphatic rings. The molecule has 2 nitrogen and oxygen atoms in total. The number of halogens is 1. The summed E-state index contributed by atoms with van der Waals surface area (Å²) < 4.78 is 0.893. The maximum Gasteiger partial charge on any atom is 0.234 e. The van der Waals surface area contributed by atoms with E-state index in [1.165, 1.54) is 11.1 Å². The summed E-state index contributed by atoms with van der Waals surface area (Å²) in [5.74, 6) is 0.410. The molecule has 4 heteroatoms. The van der Waals surface area contributed by atoms with Gasteiger partial charge in [0.05, 0.1) is 11.4 Å². The predicted molar refractivity (Wildman–Crippen MR) is 89.4 cm³/mol. The Labute approximate surface area is 132 Å². The van der Waals surface area contributed by atoms with Crippen molar-refractivity contribution in [3.63, 3.8) is 0 Å². The van der Waals surface area contributed by atoms with Crippen LogP contribution in [0.4, 0.5) is 5.69 Å². The monoisotopic (exact) mass is 349 g/mol. The zero-order chi connectivity index (χ0) is 14.5. The van der Waals surface area contributed by atoms with Crippen LogP contribution in [-0.2, 0) is 4.79 Å². The van der Waals surface area contributed by atoms with Crippen molar-refractivity contribution in [3.8, 4) is 0 Å². The first kappa shape index (κ1) is 15.1. The number of aryl methyl sites for hydroxylation is 2. The normalized spacial score (nSPS) is 10.3. The highest BCUT2D eigenvalue weighted by Crippen LogP contribution is 2.25. The van der Waals surface area contributed by atoms with Crippen LogP contribution in [-0.4, -0.2) is 11.7 Å². The molecule has 0 heterocycles. The van der Waals surface area contributed by atoms with Crippen molar-refractivity contribution >= 4 is 39.3 Å². The number of carbonyl (C=O) groups excluding carboxylic acids is 1. The zero-order valence-electron chi connectivity index (χ0n) is 11.4. The van der Waals surface area contributed by atoms with Gasteiger partial charge in [-0.15, -0.1) is 11.8 Å². The molecule has 0 aliphatic heterocycles. The van der Waals surface area contributed by atoms with Crippen molar-refractivity contribution in [1.82, 2.24) is 0 Å². The third-order valence-electron chi connectivity index (χ3n) is 2.84. The molecule has 1 amide bonds. The van der Waals surface area contributed by atoms with E-state index in [1.54, 1.807) is 11.8 Å². The van der Waals surface area contributed by atoms with Gasteiger partial charge in [-0.25, -0.2) is 0 Å². The number of thioether (sulfide) groups is 1. The number of carbonyl (C=O) groups is 1. The lowest BCUT2D eigenvalue weighted by Crippen LogP contribution is -2.14. The van der Waals surface area contributed by atoms with E-state index in [2.05, 4.69) is 53.3 Å². The number of benzene rings is 2. The van der Waals surface area contributed by atoms with Crippen LogP contribution >= 0.6 is 27.7 Å². The number of amides is 1. The Morgan fingerprint density at radius 2 is 1.95 bits per heavy atom. The quantitative estimate of drug-likeness (QED) is 0.803. The Hall–Kier alpha value is -1.26. The Balaban J connectivity index is 1.94. The van der Waals surface area contributed by atoms with Crippen LogP contribution in [0.5, 0.6) is 0 Å². The lowest BCUT2D eigenvalue weighted by atomic mass is 10.2. The zero-order valence-corrected chi connectivity index (χ0v) is 13.8. The molecule has 20 heavy (non-hydrogen) atoms. The van der Waals surface area contributed by atoms with E-state index < -0.39 is 0 Å². The predicted octanol–water partition coefficient (Wildman–Crippen LogP) is 4.80. The lowest BCUT2D eigenvalue weighted by molar-refractivity contribution is -0.113. The highest BCUT2D eigenvalue weighted by molar-refractivity contribution is 9.10. The lowest BCUT2D eigenvalue weighted by Gasteiger charge is -2.08. The maximum atomic E-state index is 12.0. The van der Waals surface area contributed by atoms with E-state index >= 15 is 0 Å². The van der Waals surface area contributed by atoms with Crippen molar-refractivity contribution in [2.24, 2.45) is 0 Å². The van der Waals surface area contributed by atoms with E-state index in [0.29, 0.717) is 5.75 Å². The van der Waals surface area contributed by atoms with Crippen molar-refractivity contribution in [3.05, 3.63) is 58.1 Å². The summed E-state index contributed by atoms with van der Waals surface area (Å²) in [6.07, 6.45) is 0. The number of anilines is 1. The molecule has 0 aromatic heterocycles. The fourth-order valence-corrected chi connectivity index (χ4v) is 3.05. The molecule has 0 saturated heterocycles. The summed E-state index contributed by atoms with van der Waals surface area (Å²) in [4.78, 5) is 13.1. The van der Waals surface area contributed by atoms with Gasteiger partial charge in [0.15, 0.2) is 0 Å². The molecular weight excluding hydrogens is 334 g/mol. The Bertz CT molecular complexity index is 628. The number of hydrogen-bond donors (Lipinski definition) is 1. The van der Waals surface area contributed by atoms with Gasteiger partial charge in [0.2, 0.25) is 5.91 Å². The average molecular weight is 350 g/mol. The van der Waals surface area contributed by atoms with Gasteiger partial charge in [-0.1, -0.05) is 29.8 Å². The molecule has 2 aromatic rings. The molecule has 0 radical (unpaired) electrons. The molecule has 1 N–H and O–H groups in total. The molecule has 0 unspecified atom stereocenters. The molecule has 104 valence electrons. The summed E-state index contributed by atoms with van der Waals surface area (Å²) in [5, 5.41) is 2.90. The second-order valence-corrected chi connectivity index (χ2v) is 6.46. The highest BCUT2D eigenvalue weighted by Gasteiger charge is 2.07. The molecule has 0 atom stereocenters. The fourth-order valence-electron chi connectivity index (χ4n) is 1.85. The minimum absolute atomic E-state index is 0.00174. The van der Waals surface area contributed by atoms with Gasteiger partial charge in [-0.05, 0) is 53.5 Å². The summed E-state index contributed by atoms with van der Waals surface area (Å²) >= 11 is 4.98. The van der Waals surface area contributed by atoms with Crippen molar-refractivity contribution in [2.75, 3.05) is 11.1 Å². The fraction of sp³-hybridized carbons (Fsp3) is 0.188. The van der Waals surface area contributed by atoms with Crippen molar-refractivity contribution < 1.29 is 4.79 Å². The summed E-state index contributed by atoms with van der Waals surface area (Å²) in [6, 6.07) is 13.9. The first-order chi connectivity index (χ1) is 9.56. The van der Waals surface area contributed by atoms with Gasteiger partial charge in [0, 0.05) is 9.37 Å². The van der Waals surface area contributed by atoms with Crippen LogP contribution in [0.2, 0.25) is 0 Å². The average Bonchev–Trinajstić information content (AvgIpc) is 2.40. The molecule has 0 bridgehead atoms. The topological polar surface area (TPSA) is 29.1 Å². The second-order valence-electron chi connectivity index (χ2n) is 4.59. The summed E-state index contributed by atoms with van der Waals surface area (Å²) in [5.41, 5.74) is 3.26. The van der Waals surface area contributed by atoms with E-state index in [9.17, 15) is 4.79 Å². The van der Waals surface area contributed by atoms with E-state index in [1.807, 2.05) is 24.3 Å². The number of para-hydroxylation sites is 1. The summed E-state index contributed by atoms with van der Waals surface area (Å²) in [7, 11) is 0. The van der Waals surface area contributed by atoms with E-state index in [0.717, 1.165) is 15.1 Å². The van der Waals surface area contributed by atoms with Crippen LogP contribution in [0.25, 0.3) is 0 Å². The van der Waals surface area contributed by atoms with Gasteiger partial charge >= 0.3 is 0 Å². The molecule has 2 rings (SSSR count). The molecule has 0 fully saturated rings. The van der Waals surface area contributed by atoms with Crippen molar-refractivity contribution in [2.45, 2.75) is 18.7 Å². The standard InChI is InChI=1S/C16H16BrNOS/c1-11-7-8-15(12(2)9-11)20-10-16(19)18-14-6-4-3-5-13(14)17/h3-9H,10H2,1-2H3,(H,18,19). The van der Waals surface area contributed by atoms with E-state index in [4.69, 9.17) is 0 Å². The highest BCUT2D eigenvalue weighted by atomic mass is 79.9. The first-order valence-corrected chi connectivity index (χ1v) is 8.08. The first-order valence-electron chi connectivity index (χ1n) is 6.30. The third kappa shape index (κ3) is 4.12. The van der Waals surface area contributed by atoms with E-state index in [-0.39, 0.29) is 5.91 Å². The van der Waals surface area contributed by atoms with Crippen LogP contribution < -0.4 is 5.32 Å². The maximum absolute atomic E-state index is 12.0. The Kier molecular flexibility index (Phi) is 5.26. The van der Waals surface area contributed by atoms with Crippen LogP contribution in [0.1, 0.15) is 11.1 Å². The van der Waals surface area contributed by atoms with Gasteiger partial charge in [0.25, 0.3) is 0 Å². The number of rotatable bonds is 4. The molecular formula is C16H16BrNOS.